The van der Waals surface area contributed by atoms with Crippen LogP contribution in [0.25, 0.3) is 33.4 Å². The molecule has 1 aliphatic heterocycles. The Kier molecular flexibility index (Phi) is 8.21. The molecule has 1 aliphatic rings. The summed E-state index contributed by atoms with van der Waals surface area (Å²) in [5, 5.41) is 5.89. The first-order valence-electron chi connectivity index (χ1n) is 14.5. The number of benzene rings is 2. The SMILES string of the molecule is CCOCCOCCC(=O)N1CCc2cc(Cn3nc(-c4ccc5oc(N)nc5c4)c4c(N(C)C)ncnc43)ccc2C1. The van der Waals surface area contributed by atoms with E-state index in [1.807, 2.05) is 53.7 Å². The van der Waals surface area contributed by atoms with E-state index in [1.54, 1.807) is 6.33 Å². The van der Waals surface area contributed by atoms with E-state index in [2.05, 4.69) is 33.2 Å². The Morgan fingerprint density at radius 3 is 2.77 bits per heavy atom. The van der Waals surface area contributed by atoms with Crippen LogP contribution in [-0.2, 0) is 33.8 Å². The number of fused-ring (bicyclic) bond motifs is 3. The molecule has 2 aromatic carbocycles. The predicted octanol–water partition coefficient (Wildman–Crippen LogP) is 3.66. The van der Waals surface area contributed by atoms with Crippen molar-refractivity contribution in [2.45, 2.75) is 32.9 Å². The summed E-state index contributed by atoms with van der Waals surface area (Å²) in [6, 6.07) is 12.3. The molecule has 1 amide bonds. The van der Waals surface area contributed by atoms with Crippen molar-refractivity contribution in [3.05, 3.63) is 59.4 Å². The van der Waals surface area contributed by atoms with Crippen molar-refractivity contribution in [1.82, 2.24) is 29.6 Å². The molecular formula is C31H36N8O4. The zero-order chi connectivity index (χ0) is 29.9. The van der Waals surface area contributed by atoms with E-state index in [4.69, 9.17) is 24.7 Å². The second kappa shape index (κ2) is 12.4. The Labute approximate surface area is 249 Å². The second-order valence-corrected chi connectivity index (χ2v) is 10.8. The van der Waals surface area contributed by atoms with Gasteiger partial charge in [-0.2, -0.15) is 10.1 Å². The molecule has 0 spiro atoms. The molecule has 6 rings (SSSR count). The number of aromatic nitrogens is 5. The van der Waals surface area contributed by atoms with Gasteiger partial charge in [0.15, 0.2) is 11.2 Å². The van der Waals surface area contributed by atoms with Gasteiger partial charge in [-0.05, 0) is 48.2 Å². The van der Waals surface area contributed by atoms with Gasteiger partial charge < -0.3 is 29.4 Å². The largest absolute Gasteiger partial charge is 0.424 e. The summed E-state index contributed by atoms with van der Waals surface area (Å²) in [5.74, 6) is 0.894. The fourth-order valence-electron chi connectivity index (χ4n) is 5.51. The number of anilines is 2. The van der Waals surface area contributed by atoms with E-state index in [1.165, 1.54) is 11.1 Å². The van der Waals surface area contributed by atoms with Crippen molar-refractivity contribution in [2.75, 3.05) is 57.7 Å². The summed E-state index contributed by atoms with van der Waals surface area (Å²) in [7, 11) is 3.91. The molecule has 5 aromatic rings. The minimum atomic E-state index is 0.115. The Morgan fingerprint density at radius 2 is 1.93 bits per heavy atom. The molecular weight excluding hydrogens is 548 g/mol. The lowest BCUT2D eigenvalue weighted by molar-refractivity contribution is -0.133. The van der Waals surface area contributed by atoms with Gasteiger partial charge in [0.1, 0.15) is 23.4 Å². The third-order valence-corrected chi connectivity index (χ3v) is 7.61. The number of nitrogens with two attached hydrogens (primary N) is 1. The summed E-state index contributed by atoms with van der Waals surface area (Å²) < 4.78 is 18.2. The summed E-state index contributed by atoms with van der Waals surface area (Å²) >= 11 is 0. The van der Waals surface area contributed by atoms with Gasteiger partial charge in [-0.15, -0.1) is 0 Å². The van der Waals surface area contributed by atoms with Crippen LogP contribution in [0, 0.1) is 0 Å². The van der Waals surface area contributed by atoms with Crippen molar-refractivity contribution in [1.29, 1.82) is 0 Å². The van der Waals surface area contributed by atoms with Gasteiger partial charge in [-0.1, -0.05) is 18.2 Å². The van der Waals surface area contributed by atoms with Crippen LogP contribution in [0.1, 0.15) is 30.0 Å². The van der Waals surface area contributed by atoms with Crippen LogP contribution >= 0.6 is 0 Å². The van der Waals surface area contributed by atoms with E-state index in [9.17, 15) is 4.79 Å². The Balaban J connectivity index is 1.22. The predicted molar refractivity (Wildman–Crippen MR) is 164 cm³/mol. The molecule has 224 valence electrons. The van der Waals surface area contributed by atoms with Gasteiger partial charge >= 0.3 is 0 Å². The number of oxazole rings is 1. The fourth-order valence-corrected chi connectivity index (χ4v) is 5.51. The Hall–Kier alpha value is -4.55. The molecule has 0 saturated carbocycles. The van der Waals surface area contributed by atoms with Crippen LogP contribution < -0.4 is 10.6 Å². The number of hydrogen-bond donors (Lipinski definition) is 1. The number of carbonyl (C=O) groups excluding carboxylic acids is 1. The van der Waals surface area contributed by atoms with Crippen LogP contribution in [-0.4, -0.2) is 82.6 Å². The van der Waals surface area contributed by atoms with Crippen LogP contribution in [0.2, 0.25) is 0 Å². The number of nitrogen functional groups attached to an aromatic ring is 1. The highest BCUT2D eigenvalue weighted by Crippen LogP contribution is 2.34. The number of ether oxygens (including phenoxy) is 2. The van der Waals surface area contributed by atoms with E-state index in [0.717, 1.165) is 40.1 Å². The number of carbonyl (C=O) groups is 1. The van der Waals surface area contributed by atoms with Gasteiger partial charge in [0.25, 0.3) is 6.01 Å². The average molecular weight is 585 g/mol. The number of rotatable bonds is 11. The van der Waals surface area contributed by atoms with Crippen LogP contribution in [0.5, 0.6) is 0 Å². The Morgan fingerprint density at radius 1 is 1.07 bits per heavy atom. The molecule has 0 unspecified atom stereocenters. The molecule has 0 bridgehead atoms. The molecule has 12 heteroatoms. The molecule has 0 saturated heterocycles. The summed E-state index contributed by atoms with van der Waals surface area (Å²) in [6.45, 7) is 5.92. The molecule has 0 aliphatic carbocycles. The molecule has 3 aromatic heterocycles. The van der Waals surface area contributed by atoms with Gasteiger partial charge in [0.05, 0.1) is 38.2 Å². The molecule has 43 heavy (non-hydrogen) atoms. The lowest BCUT2D eigenvalue weighted by atomic mass is 9.97. The zero-order valence-corrected chi connectivity index (χ0v) is 24.7. The van der Waals surface area contributed by atoms with E-state index < -0.39 is 0 Å². The average Bonchev–Trinajstić information content (AvgIpc) is 3.57. The van der Waals surface area contributed by atoms with Crippen LogP contribution in [0.3, 0.4) is 0 Å². The number of amides is 1. The van der Waals surface area contributed by atoms with Gasteiger partial charge in [0, 0.05) is 39.4 Å². The summed E-state index contributed by atoms with van der Waals surface area (Å²) in [4.78, 5) is 30.1. The topological polar surface area (TPSA) is 138 Å². The van der Waals surface area contributed by atoms with Crippen molar-refractivity contribution in [3.63, 3.8) is 0 Å². The molecule has 4 heterocycles. The number of hydrogen-bond acceptors (Lipinski definition) is 10. The van der Waals surface area contributed by atoms with Crippen molar-refractivity contribution >= 4 is 39.9 Å². The first-order valence-corrected chi connectivity index (χ1v) is 14.5. The highest BCUT2D eigenvalue weighted by atomic mass is 16.5. The standard InChI is InChI=1S/C31H36N8O4/c1-4-41-13-14-42-12-10-26(40)38-11-9-21-15-20(5-6-23(21)18-38)17-39-30-27(29(37(2)3)33-19-34-30)28(36-39)22-7-8-25-24(16-22)35-31(32)43-25/h5-8,15-16,19H,4,9-14,17-18H2,1-3H3,(H2,32,35). The maximum absolute atomic E-state index is 12.8. The molecule has 2 N–H and O–H groups in total. The highest BCUT2D eigenvalue weighted by molar-refractivity contribution is 6.00. The minimum absolute atomic E-state index is 0.115. The fraction of sp³-hybridized carbons (Fsp3) is 0.387. The first kappa shape index (κ1) is 28.6. The summed E-state index contributed by atoms with van der Waals surface area (Å²) in [6.07, 6.45) is 2.75. The van der Waals surface area contributed by atoms with Gasteiger partial charge in [-0.25, -0.2) is 14.6 Å². The van der Waals surface area contributed by atoms with Gasteiger partial charge in [-0.3, -0.25) is 4.79 Å². The normalized spacial score (nSPS) is 13.1. The maximum atomic E-state index is 12.8. The monoisotopic (exact) mass is 584 g/mol. The second-order valence-electron chi connectivity index (χ2n) is 10.8. The lowest BCUT2D eigenvalue weighted by Gasteiger charge is -2.29. The van der Waals surface area contributed by atoms with Crippen LogP contribution in [0.15, 0.2) is 47.1 Å². The maximum Gasteiger partial charge on any atom is 0.292 e. The Bertz CT molecular complexity index is 1760. The van der Waals surface area contributed by atoms with Crippen molar-refractivity contribution in [3.8, 4) is 11.3 Å². The van der Waals surface area contributed by atoms with Crippen LogP contribution in [0.4, 0.5) is 11.8 Å². The highest BCUT2D eigenvalue weighted by Gasteiger charge is 2.23. The third kappa shape index (κ3) is 6.02. The van der Waals surface area contributed by atoms with E-state index in [0.29, 0.717) is 63.6 Å². The summed E-state index contributed by atoms with van der Waals surface area (Å²) in [5.41, 5.74) is 13.0. The lowest BCUT2D eigenvalue weighted by Crippen LogP contribution is -2.36. The molecule has 0 fully saturated rings. The molecule has 0 atom stereocenters. The molecule has 0 radical (unpaired) electrons. The molecule has 12 nitrogen and oxygen atoms in total. The number of nitrogens with zero attached hydrogens (tertiary/aromatic N) is 7. The van der Waals surface area contributed by atoms with Crippen molar-refractivity contribution in [2.24, 2.45) is 0 Å². The minimum Gasteiger partial charge on any atom is -0.424 e. The van der Waals surface area contributed by atoms with Crippen molar-refractivity contribution < 1.29 is 18.7 Å². The zero-order valence-electron chi connectivity index (χ0n) is 24.7. The quantitative estimate of drug-likeness (QED) is 0.229. The van der Waals surface area contributed by atoms with E-state index in [-0.39, 0.29) is 11.9 Å². The van der Waals surface area contributed by atoms with Gasteiger partial charge in [0.2, 0.25) is 5.91 Å². The third-order valence-electron chi connectivity index (χ3n) is 7.61. The first-order chi connectivity index (χ1) is 20.9. The smallest absolute Gasteiger partial charge is 0.292 e. The van der Waals surface area contributed by atoms with E-state index >= 15 is 0 Å².